The van der Waals surface area contributed by atoms with Crippen LogP contribution in [0.2, 0.25) is 0 Å². The fourth-order valence-electron chi connectivity index (χ4n) is 4.06. The van der Waals surface area contributed by atoms with E-state index in [0.29, 0.717) is 0 Å². The van der Waals surface area contributed by atoms with E-state index in [-0.39, 0.29) is 32.9 Å². The van der Waals surface area contributed by atoms with Gasteiger partial charge in [-0.25, -0.2) is 0 Å². The maximum atomic E-state index is 13.2. The number of alkyl halides is 3. The Morgan fingerprint density at radius 2 is 1.69 bits per heavy atom. The summed E-state index contributed by atoms with van der Waals surface area (Å²) in [6, 6.07) is 5.62. The lowest BCUT2D eigenvalue weighted by atomic mass is 9.58. The average Bonchev–Trinajstić information content (AvgIpc) is 2.66. The highest BCUT2D eigenvalue weighted by Crippen LogP contribution is 2.52. The highest BCUT2D eigenvalue weighted by atomic mass is 32.2. The molecule has 1 amide bonds. The molecule has 0 unspecified atom stereocenters. The largest absolute Gasteiger partial charge is 0.416 e. The lowest BCUT2D eigenvalue weighted by Crippen LogP contribution is -2.56. The van der Waals surface area contributed by atoms with Crippen LogP contribution in [-0.4, -0.2) is 16.2 Å². The Balaban J connectivity index is 1.83. The molecule has 3 saturated carbocycles. The zero-order valence-corrected chi connectivity index (χ0v) is 17.7. The van der Waals surface area contributed by atoms with Crippen molar-refractivity contribution in [2.75, 3.05) is 4.72 Å². The Bertz CT molecular complexity index is 815. The lowest BCUT2D eigenvalue weighted by molar-refractivity contribution is -0.137. The number of hydrogen-bond donors (Lipinski definition) is 2. The predicted octanol–water partition coefficient (Wildman–Crippen LogP) is 5.91. The molecule has 3 aliphatic carbocycles. The zero-order chi connectivity index (χ0) is 21.5. The van der Waals surface area contributed by atoms with Crippen LogP contribution in [0.3, 0.4) is 0 Å². The minimum absolute atomic E-state index is 0.159. The van der Waals surface area contributed by atoms with Crippen LogP contribution >= 0.6 is 11.9 Å². The van der Waals surface area contributed by atoms with Crippen molar-refractivity contribution in [1.29, 1.82) is 5.26 Å². The summed E-state index contributed by atoms with van der Waals surface area (Å²) >= 11 is 1.27. The Morgan fingerprint density at radius 3 is 2.17 bits per heavy atom. The van der Waals surface area contributed by atoms with Crippen molar-refractivity contribution in [2.24, 2.45) is 5.41 Å². The highest BCUT2D eigenvalue weighted by Gasteiger charge is 2.49. The first-order chi connectivity index (χ1) is 13.4. The van der Waals surface area contributed by atoms with Gasteiger partial charge >= 0.3 is 6.18 Å². The molecular formula is C21H26F3N3OS. The maximum absolute atomic E-state index is 13.2. The van der Waals surface area contributed by atoms with Gasteiger partial charge in [0.05, 0.1) is 28.3 Å². The van der Waals surface area contributed by atoms with Gasteiger partial charge in [0, 0.05) is 10.3 Å². The summed E-state index contributed by atoms with van der Waals surface area (Å²) in [4.78, 5) is 13.0. The molecule has 1 aromatic carbocycles. The third-order valence-electron chi connectivity index (χ3n) is 5.92. The quantitative estimate of drug-likeness (QED) is 0.589. The molecule has 0 aromatic heterocycles. The Hall–Kier alpha value is -1.88. The van der Waals surface area contributed by atoms with Gasteiger partial charge in [0.1, 0.15) is 0 Å². The topological polar surface area (TPSA) is 64.9 Å². The SMILES string of the molecule is CC(C)(C)SNc1cc(C(F)(F)F)ccc1C(=O)NC12CCC(C#N)(CC1)CC2. The first-order valence-corrected chi connectivity index (χ1v) is 10.6. The summed E-state index contributed by atoms with van der Waals surface area (Å²) < 4.78 is 42.2. The second-order valence-electron chi connectivity index (χ2n) is 9.20. The van der Waals surface area contributed by atoms with E-state index in [4.69, 9.17) is 0 Å². The molecular weight excluding hydrogens is 399 g/mol. The van der Waals surface area contributed by atoms with Gasteiger partial charge in [0.2, 0.25) is 0 Å². The number of benzene rings is 1. The molecule has 2 N–H and O–H groups in total. The summed E-state index contributed by atoms with van der Waals surface area (Å²) in [5, 5.41) is 12.5. The third-order valence-corrected chi connectivity index (χ3v) is 6.86. The molecule has 0 radical (unpaired) electrons. The fourth-order valence-corrected chi connectivity index (χ4v) is 4.65. The molecule has 4 rings (SSSR count). The van der Waals surface area contributed by atoms with Crippen molar-refractivity contribution in [3.05, 3.63) is 29.3 Å². The van der Waals surface area contributed by atoms with Gasteiger partial charge < -0.3 is 10.0 Å². The van der Waals surface area contributed by atoms with Crippen molar-refractivity contribution in [2.45, 2.75) is 75.8 Å². The number of fused-ring (bicyclic) bond motifs is 3. The van der Waals surface area contributed by atoms with Gasteiger partial charge in [-0.05, 0) is 89.4 Å². The summed E-state index contributed by atoms with van der Waals surface area (Å²) in [5.41, 5.74) is -1.07. The van der Waals surface area contributed by atoms with Crippen molar-refractivity contribution in [1.82, 2.24) is 5.32 Å². The van der Waals surface area contributed by atoms with Crippen LogP contribution in [0.4, 0.5) is 18.9 Å². The van der Waals surface area contributed by atoms with Gasteiger partial charge in [-0.3, -0.25) is 4.79 Å². The summed E-state index contributed by atoms with van der Waals surface area (Å²) in [6.45, 7) is 5.80. The number of carbonyl (C=O) groups excluding carboxylic acids is 1. The van der Waals surface area contributed by atoms with Crippen LogP contribution in [0.1, 0.15) is 75.2 Å². The zero-order valence-electron chi connectivity index (χ0n) is 16.9. The van der Waals surface area contributed by atoms with E-state index in [1.165, 1.54) is 18.0 Å². The van der Waals surface area contributed by atoms with E-state index >= 15 is 0 Å². The third kappa shape index (κ3) is 4.82. The molecule has 3 fully saturated rings. The predicted molar refractivity (Wildman–Crippen MR) is 108 cm³/mol. The molecule has 8 heteroatoms. The first-order valence-electron chi connectivity index (χ1n) is 9.76. The number of amides is 1. The van der Waals surface area contributed by atoms with Crippen LogP contribution in [-0.2, 0) is 6.18 Å². The van der Waals surface area contributed by atoms with Crippen LogP contribution in [0.25, 0.3) is 0 Å². The second-order valence-corrected chi connectivity index (χ2v) is 10.8. The summed E-state index contributed by atoms with van der Waals surface area (Å²) in [5.74, 6) is -0.373. The van der Waals surface area contributed by atoms with E-state index in [0.717, 1.165) is 50.7 Å². The van der Waals surface area contributed by atoms with Gasteiger partial charge in [-0.2, -0.15) is 18.4 Å². The van der Waals surface area contributed by atoms with E-state index in [2.05, 4.69) is 16.1 Å². The number of nitrogens with zero attached hydrogens (tertiary/aromatic N) is 1. The van der Waals surface area contributed by atoms with Crippen LogP contribution in [0, 0.1) is 16.7 Å². The molecule has 0 heterocycles. The molecule has 1 aromatic rings. The van der Waals surface area contributed by atoms with Crippen molar-refractivity contribution in [3.63, 3.8) is 0 Å². The summed E-state index contributed by atoms with van der Waals surface area (Å²) in [7, 11) is 0. The van der Waals surface area contributed by atoms with Crippen LogP contribution in [0.5, 0.6) is 0 Å². The minimum atomic E-state index is -4.48. The van der Waals surface area contributed by atoms with E-state index < -0.39 is 11.7 Å². The van der Waals surface area contributed by atoms with Gasteiger partial charge in [0.25, 0.3) is 5.91 Å². The van der Waals surface area contributed by atoms with E-state index in [1.54, 1.807) is 0 Å². The normalized spacial score (nSPS) is 26.7. The standard InChI is InChI=1S/C21H26F3N3OS/c1-18(2,3)29-27-16-12-14(21(22,23)24)4-5-15(16)17(28)26-20-9-6-19(13-25,7-10-20)8-11-20/h4-5,12,27H,6-11H2,1-3H3,(H,26,28). The lowest BCUT2D eigenvalue weighted by Gasteiger charge is -2.50. The maximum Gasteiger partial charge on any atom is 0.416 e. The molecule has 158 valence electrons. The molecule has 3 aliphatic rings. The molecule has 29 heavy (non-hydrogen) atoms. The monoisotopic (exact) mass is 425 g/mol. The number of carbonyl (C=O) groups is 1. The van der Waals surface area contributed by atoms with Gasteiger partial charge in [-0.15, -0.1) is 0 Å². The van der Waals surface area contributed by atoms with Crippen molar-refractivity contribution >= 4 is 23.5 Å². The smallest absolute Gasteiger partial charge is 0.347 e. The second kappa shape index (κ2) is 7.42. The van der Waals surface area contributed by atoms with Crippen molar-refractivity contribution in [3.8, 4) is 6.07 Å². The molecule has 0 atom stereocenters. The van der Waals surface area contributed by atoms with Crippen molar-refractivity contribution < 1.29 is 18.0 Å². The van der Waals surface area contributed by atoms with Gasteiger partial charge in [-0.1, -0.05) is 0 Å². The molecule has 0 saturated heterocycles. The molecule has 2 bridgehead atoms. The Labute approximate surface area is 173 Å². The number of nitrogens with one attached hydrogen (secondary N) is 2. The Kier molecular flexibility index (Phi) is 5.59. The molecule has 4 nitrogen and oxygen atoms in total. The number of anilines is 1. The van der Waals surface area contributed by atoms with Crippen LogP contribution < -0.4 is 10.0 Å². The number of rotatable bonds is 4. The highest BCUT2D eigenvalue weighted by molar-refractivity contribution is 8.01. The number of hydrogen-bond acceptors (Lipinski definition) is 4. The van der Waals surface area contributed by atoms with Crippen LogP contribution in [0.15, 0.2) is 18.2 Å². The average molecular weight is 426 g/mol. The molecule has 0 spiro atoms. The summed E-state index contributed by atoms with van der Waals surface area (Å²) in [6.07, 6.45) is -0.0411. The number of halogens is 3. The molecule has 0 aliphatic heterocycles. The van der Waals surface area contributed by atoms with E-state index in [9.17, 15) is 23.2 Å². The minimum Gasteiger partial charge on any atom is -0.347 e. The Morgan fingerprint density at radius 1 is 1.10 bits per heavy atom. The van der Waals surface area contributed by atoms with E-state index in [1.807, 2.05) is 20.8 Å². The first kappa shape index (κ1) is 21.8. The number of nitriles is 1. The van der Waals surface area contributed by atoms with Gasteiger partial charge in [0.15, 0.2) is 0 Å². The fraction of sp³-hybridized carbons (Fsp3) is 0.619.